The first-order chi connectivity index (χ1) is 8.84. The Hall–Kier alpha value is -1.59. The monoisotopic (exact) mass is 326 g/mol. The zero-order valence-corrected chi connectivity index (χ0v) is 10.7. The Kier molecular flexibility index (Phi) is 6.19. The van der Waals surface area contributed by atoms with Gasteiger partial charge >= 0.3 is 17.0 Å². The smallest absolute Gasteiger partial charge is 0.460 e. The van der Waals surface area contributed by atoms with Crippen LogP contribution in [-0.4, -0.2) is 26.7 Å². The van der Waals surface area contributed by atoms with Crippen LogP contribution in [0.2, 0.25) is 0 Å². The number of hydrogen-bond donors (Lipinski definition) is 2. The molecule has 1 rings (SSSR count). The summed E-state index contributed by atoms with van der Waals surface area (Å²) in [6.07, 6.45) is 5.23. The molecule has 0 unspecified atom stereocenters. The van der Waals surface area contributed by atoms with Crippen LogP contribution in [0.1, 0.15) is 0 Å². The van der Waals surface area contributed by atoms with E-state index in [1.165, 1.54) is 0 Å². The summed E-state index contributed by atoms with van der Waals surface area (Å²) >= 11 is 0. The minimum absolute atomic E-state index is 0.0286. The Morgan fingerprint density at radius 3 is 1.95 bits per heavy atom. The van der Waals surface area contributed by atoms with Crippen LogP contribution in [0, 0.1) is 4.78 Å². The number of rotatable bonds is 2. The molecule has 0 saturated heterocycles. The second kappa shape index (κ2) is 6.72. The van der Waals surface area contributed by atoms with Gasteiger partial charge in [0, 0.05) is 0 Å². The van der Waals surface area contributed by atoms with Gasteiger partial charge in [-0.25, -0.2) is 13.9 Å². The van der Waals surface area contributed by atoms with Crippen LogP contribution in [0.3, 0.4) is 0 Å². The van der Waals surface area contributed by atoms with Crippen molar-refractivity contribution in [3.05, 3.63) is 18.7 Å². The van der Waals surface area contributed by atoms with E-state index in [2.05, 4.69) is 0 Å². The Labute approximate surface area is 111 Å². The molecule has 116 valence electrons. The maximum Gasteiger partial charge on any atom is 0.460 e. The van der Waals surface area contributed by atoms with E-state index in [1.54, 1.807) is 27.9 Å². The molecule has 0 aromatic carbocycles. The summed E-state index contributed by atoms with van der Waals surface area (Å²) in [7, 11) is -2.41. The van der Waals surface area contributed by atoms with Crippen LogP contribution < -0.4 is 4.57 Å². The lowest BCUT2D eigenvalue weighted by Crippen LogP contribution is -2.28. The SMILES string of the molecule is C[n+]1ccn(CC(=O)O)c1.N=S(C(F)(F)F)C(F)(F)F. The highest BCUT2D eigenvalue weighted by Gasteiger charge is 2.50. The Morgan fingerprint density at radius 1 is 1.30 bits per heavy atom. The number of hydrogen-bond acceptors (Lipinski definition) is 2. The second-order valence-electron chi connectivity index (χ2n) is 3.34. The summed E-state index contributed by atoms with van der Waals surface area (Å²) in [6.45, 7) is 0.0286. The number of halogens is 6. The topological polar surface area (TPSA) is 70.0 Å². The van der Waals surface area contributed by atoms with E-state index in [0.717, 1.165) is 0 Å². The van der Waals surface area contributed by atoms with Gasteiger partial charge in [0.05, 0.1) is 7.05 Å². The van der Waals surface area contributed by atoms with Gasteiger partial charge in [0.2, 0.25) is 6.33 Å². The highest BCUT2D eigenvalue weighted by atomic mass is 32.2. The molecule has 0 aliphatic heterocycles. The van der Waals surface area contributed by atoms with E-state index >= 15 is 0 Å². The van der Waals surface area contributed by atoms with Crippen LogP contribution in [0.5, 0.6) is 0 Å². The molecule has 5 nitrogen and oxygen atoms in total. The maximum atomic E-state index is 11.0. The maximum absolute atomic E-state index is 11.0. The molecular weight excluding hydrogens is 316 g/mol. The predicted octanol–water partition coefficient (Wildman–Crippen LogP) is 1.80. The highest BCUT2D eigenvalue weighted by Crippen LogP contribution is 2.33. The number of aliphatic carboxylic acids is 1. The first-order valence-corrected chi connectivity index (χ1v) is 5.88. The molecule has 1 heterocycles. The van der Waals surface area contributed by atoms with Gasteiger partial charge in [-0.05, 0) is 0 Å². The fourth-order valence-electron chi connectivity index (χ4n) is 0.883. The van der Waals surface area contributed by atoms with Gasteiger partial charge in [-0.2, -0.15) is 26.3 Å². The highest BCUT2D eigenvalue weighted by molar-refractivity contribution is 7.87. The van der Waals surface area contributed by atoms with Crippen molar-refractivity contribution in [2.45, 2.75) is 17.6 Å². The van der Waals surface area contributed by atoms with Gasteiger partial charge in [-0.15, -0.1) is 0 Å². The minimum Gasteiger partial charge on any atom is -0.478 e. The van der Waals surface area contributed by atoms with Crippen LogP contribution in [0.15, 0.2) is 18.7 Å². The molecule has 0 atom stereocenters. The molecule has 1 aromatic rings. The van der Waals surface area contributed by atoms with Crippen LogP contribution in [0.4, 0.5) is 26.3 Å². The normalized spacial score (nSPS) is 12.0. The van der Waals surface area contributed by atoms with Gasteiger partial charge < -0.3 is 5.11 Å². The molecule has 0 spiro atoms. The number of nitrogens with one attached hydrogen (secondary N) is 1. The third-order valence-corrected chi connectivity index (χ3v) is 2.53. The number of carboxylic acid groups (broad SMARTS) is 1. The number of aromatic nitrogens is 2. The molecule has 12 heteroatoms. The first-order valence-electron chi connectivity index (χ1n) is 4.66. The molecule has 2 N–H and O–H groups in total. The molecule has 0 saturated carbocycles. The van der Waals surface area contributed by atoms with Crippen molar-refractivity contribution in [1.29, 1.82) is 4.78 Å². The number of alkyl halides is 6. The van der Waals surface area contributed by atoms with Gasteiger partial charge in [0.1, 0.15) is 23.1 Å². The predicted molar refractivity (Wildman–Crippen MR) is 55.4 cm³/mol. The number of nitrogens with zero attached hydrogens (tertiary/aromatic N) is 2. The van der Waals surface area contributed by atoms with Crippen molar-refractivity contribution in [3.8, 4) is 0 Å². The average molecular weight is 326 g/mol. The van der Waals surface area contributed by atoms with Crippen molar-refractivity contribution >= 4 is 16.7 Å². The van der Waals surface area contributed by atoms with E-state index in [4.69, 9.17) is 9.89 Å². The molecule has 0 bridgehead atoms. The second-order valence-corrected chi connectivity index (χ2v) is 4.88. The lowest BCUT2D eigenvalue weighted by Gasteiger charge is -2.11. The summed E-state index contributed by atoms with van der Waals surface area (Å²) in [4.78, 5) is 10.1. The third-order valence-electron chi connectivity index (χ3n) is 1.60. The molecule has 0 aliphatic carbocycles. The number of carbonyl (C=O) groups is 1. The fraction of sp³-hybridized carbons (Fsp3) is 0.500. The summed E-state index contributed by atoms with van der Waals surface area (Å²) in [6, 6.07) is 0. The average Bonchev–Trinajstić information content (AvgIpc) is 2.60. The van der Waals surface area contributed by atoms with Crippen molar-refractivity contribution in [3.63, 3.8) is 0 Å². The van der Waals surface area contributed by atoms with Crippen molar-refractivity contribution < 1.29 is 40.8 Å². The van der Waals surface area contributed by atoms with Gasteiger partial charge in [0.25, 0.3) is 0 Å². The van der Waals surface area contributed by atoms with Crippen molar-refractivity contribution in [2.24, 2.45) is 7.05 Å². The van der Waals surface area contributed by atoms with E-state index in [0.29, 0.717) is 0 Å². The van der Waals surface area contributed by atoms with Crippen molar-refractivity contribution in [1.82, 2.24) is 4.57 Å². The summed E-state index contributed by atoms with van der Waals surface area (Å²) in [5.41, 5.74) is -11.0. The molecular formula is C8H10F6N3O2S+. The number of aryl methyl sites for hydroxylation is 1. The van der Waals surface area contributed by atoms with Crippen molar-refractivity contribution in [2.75, 3.05) is 0 Å². The van der Waals surface area contributed by atoms with Gasteiger partial charge in [-0.1, -0.05) is 0 Å². The Balaban J connectivity index is 0.000000361. The van der Waals surface area contributed by atoms with Crippen LogP contribution in [-0.2, 0) is 29.1 Å². The van der Waals surface area contributed by atoms with E-state index in [1.807, 2.05) is 7.05 Å². The largest absolute Gasteiger partial charge is 0.478 e. The van der Waals surface area contributed by atoms with Crippen LogP contribution in [0.25, 0.3) is 0 Å². The van der Waals surface area contributed by atoms with E-state index < -0.39 is 27.7 Å². The molecule has 0 radical (unpaired) electrons. The molecule has 0 fully saturated rings. The molecule has 20 heavy (non-hydrogen) atoms. The summed E-state index contributed by atoms with van der Waals surface area (Å²) in [5, 5.41) is 8.35. The van der Waals surface area contributed by atoms with Crippen LogP contribution >= 0.6 is 0 Å². The molecule has 0 aliphatic rings. The lowest BCUT2D eigenvalue weighted by atomic mass is 10.6. The fourth-order valence-corrected chi connectivity index (χ4v) is 1.15. The minimum atomic E-state index is -5.49. The Bertz CT molecular complexity index is 465. The zero-order valence-electron chi connectivity index (χ0n) is 9.87. The summed E-state index contributed by atoms with van der Waals surface area (Å²) < 4.78 is 75.3. The van der Waals surface area contributed by atoms with Gasteiger partial charge in [0.15, 0.2) is 6.54 Å². The molecule has 1 aromatic heterocycles. The van der Waals surface area contributed by atoms with Gasteiger partial charge in [-0.3, -0.25) is 4.78 Å². The lowest BCUT2D eigenvalue weighted by molar-refractivity contribution is -0.671. The third kappa shape index (κ3) is 7.11. The summed E-state index contributed by atoms with van der Waals surface area (Å²) in [5.74, 6) is -0.823. The zero-order chi connectivity index (χ0) is 16.1. The van der Waals surface area contributed by atoms with E-state index in [9.17, 15) is 31.1 Å². The first kappa shape index (κ1) is 18.4. The molecule has 0 amide bonds. The quantitative estimate of drug-likeness (QED) is 0.643. The Morgan fingerprint density at radius 2 is 1.75 bits per heavy atom. The van der Waals surface area contributed by atoms with E-state index in [-0.39, 0.29) is 6.54 Å². The standard InChI is InChI=1S/C6H8N2O2.C2HF6NS/c1-7-2-3-8(5-7)4-6(9)10;3-1(4,5)10(9)2(6,7)8/h2-3,5H,4H2,1H3;9H/p+1. The number of carboxylic acids is 1. The number of imidazole rings is 1.